The van der Waals surface area contributed by atoms with Crippen molar-refractivity contribution in [1.29, 1.82) is 0 Å². The molecule has 4 nitrogen and oxygen atoms in total. The van der Waals surface area contributed by atoms with E-state index in [1.807, 2.05) is 30.3 Å². The van der Waals surface area contributed by atoms with Crippen molar-refractivity contribution in [3.63, 3.8) is 0 Å². The van der Waals surface area contributed by atoms with Gasteiger partial charge in [0.05, 0.1) is 11.4 Å². The molecule has 1 aromatic carbocycles. The Balaban J connectivity index is 2.12. The Morgan fingerprint density at radius 3 is 2.82 bits per heavy atom. The summed E-state index contributed by atoms with van der Waals surface area (Å²) in [7, 11) is 0. The van der Waals surface area contributed by atoms with Crippen molar-refractivity contribution in [3.8, 4) is 5.69 Å². The lowest BCUT2D eigenvalue weighted by Crippen LogP contribution is -2.34. The zero-order valence-corrected chi connectivity index (χ0v) is 9.73. The maximum atomic E-state index is 12.3. The third kappa shape index (κ3) is 1.70. The summed E-state index contributed by atoms with van der Waals surface area (Å²) in [5.41, 5.74) is 2.90. The molecule has 4 heteroatoms. The van der Waals surface area contributed by atoms with E-state index in [0.717, 1.165) is 29.9 Å². The minimum absolute atomic E-state index is 0.0829. The van der Waals surface area contributed by atoms with Crippen LogP contribution in [0.25, 0.3) is 5.69 Å². The zero-order valence-electron chi connectivity index (χ0n) is 9.73. The molecular weight excluding hydrogens is 214 g/mol. The Morgan fingerprint density at radius 1 is 1.29 bits per heavy atom. The van der Waals surface area contributed by atoms with Crippen LogP contribution in [0.2, 0.25) is 0 Å². The monoisotopic (exact) mass is 229 g/mol. The molecule has 1 atom stereocenters. The smallest absolute Gasteiger partial charge is 0.274 e. The van der Waals surface area contributed by atoms with Crippen LogP contribution in [-0.2, 0) is 13.0 Å². The van der Waals surface area contributed by atoms with Gasteiger partial charge >= 0.3 is 0 Å². The quantitative estimate of drug-likeness (QED) is 0.772. The summed E-state index contributed by atoms with van der Waals surface area (Å²) in [6.45, 7) is 2.84. The van der Waals surface area contributed by atoms with Crippen LogP contribution in [0.15, 0.2) is 35.1 Å². The Kier molecular flexibility index (Phi) is 2.37. The fourth-order valence-corrected chi connectivity index (χ4v) is 2.29. The van der Waals surface area contributed by atoms with Crippen molar-refractivity contribution < 1.29 is 0 Å². The number of benzene rings is 1. The lowest BCUT2D eigenvalue weighted by Gasteiger charge is -2.18. The largest absolute Gasteiger partial charge is 0.308 e. The lowest BCUT2D eigenvalue weighted by atomic mass is 10.0. The highest BCUT2D eigenvalue weighted by Crippen LogP contribution is 2.13. The highest BCUT2D eigenvalue weighted by molar-refractivity contribution is 5.33. The molecule has 0 amide bonds. The first-order valence-electron chi connectivity index (χ1n) is 5.87. The molecule has 1 aliphatic heterocycles. The SMILES string of the molecule is CC1Cc2c([nH]n(-c3ccccc3)c2=O)CN1. The van der Waals surface area contributed by atoms with Gasteiger partial charge < -0.3 is 5.32 Å². The van der Waals surface area contributed by atoms with Gasteiger partial charge in [0.15, 0.2) is 0 Å². The number of fused-ring (bicyclic) bond motifs is 1. The summed E-state index contributed by atoms with van der Waals surface area (Å²) in [6, 6.07) is 10.0. The van der Waals surface area contributed by atoms with Gasteiger partial charge in [0.25, 0.3) is 5.56 Å². The van der Waals surface area contributed by atoms with Crippen molar-refractivity contribution >= 4 is 0 Å². The van der Waals surface area contributed by atoms with Gasteiger partial charge in [-0.1, -0.05) is 18.2 Å². The minimum Gasteiger partial charge on any atom is -0.308 e. The number of hydrogen-bond acceptors (Lipinski definition) is 2. The first-order chi connectivity index (χ1) is 8.25. The normalized spacial score (nSPS) is 19.0. The molecule has 2 heterocycles. The summed E-state index contributed by atoms with van der Waals surface area (Å²) < 4.78 is 1.63. The molecule has 0 bridgehead atoms. The van der Waals surface area contributed by atoms with E-state index < -0.39 is 0 Å². The summed E-state index contributed by atoms with van der Waals surface area (Å²) in [5, 5.41) is 6.53. The van der Waals surface area contributed by atoms with Crippen molar-refractivity contribution in [1.82, 2.24) is 15.1 Å². The molecule has 3 rings (SSSR count). The van der Waals surface area contributed by atoms with Gasteiger partial charge in [0.1, 0.15) is 0 Å². The number of aromatic nitrogens is 2. The average molecular weight is 229 g/mol. The maximum absolute atomic E-state index is 12.3. The summed E-state index contributed by atoms with van der Waals surface area (Å²) in [5.74, 6) is 0. The van der Waals surface area contributed by atoms with Gasteiger partial charge in [-0.2, -0.15) is 0 Å². The van der Waals surface area contributed by atoms with Crippen LogP contribution in [0.3, 0.4) is 0 Å². The van der Waals surface area contributed by atoms with E-state index in [1.54, 1.807) is 4.68 Å². The molecule has 0 radical (unpaired) electrons. The van der Waals surface area contributed by atoms with Crippen molar-refractivity contribution in [2.45, 2.75) is 25.9 Å². The number of nitrogens with one attached hydrogen (secondary N) is 2. The number of hydrogen-bond donors (Lipinski definition) is 2. The summed E-state index contributed by atoms with van der Waals surface area (Å²) in [6.07, 6.45) is 0.796. The number of aromatic amines is 1. The van der Waals surface area contributed by atoms with Crippen LogP contribution in [0.4, 0.5) is 0 Å². The minimum atomic E-state index is 0.0829. The molecule has 2 aromatic rings. The van der Waals surface area contributed by atoms with E-state index in [0.29, 0.717) is 6.04 Å². The van der Waals surface area contributed by atoms with Gasteiger partial charge in [-0.3, -0.25) is 9.89 Å². The third-order valence-electron chi connectivity index (χ3n) is 3.22. The van der Waals surface area contributed by atoms with Crippen molar-refractivity contribution in [2.24, 2.45) is 0 Å². The van der Waals surface area contributed by atoms with Crippen molar-refractivity contribution in [3.05, 3.63) is 51.9 Å². The molecule has 0 spiro atoms. The van der Waals surface area contributed by atoms with Gasteiger partial charge in [-0.05, 0) is 25.5 Å². The van der Waals surface area contributed by atoms with Gasteiger partial charge in [-0.25, -0.2) is 4.68 Å². The number of para-hydroxylation sites is 1. The molecule has 1 unspecified atom stereocenters. The first-order valence-corrected chi connectivity index (χ1v) is 5.87. The maximum Gasteiger partial charge on any atom is 0.274 e. The fraction of sp³-hybridized carbons (Fsp3) is 0.308. The van der Waals surface area contributed by atoms with Gasteiger partial charge in [0, 0.05) is 18.2 Å². The predicted octanol–water partition coefficient (Wildman–Crippen LogP) is 1.20. The Bertz CT molecular complexity index is 582. The second-order valence-corrected chi connectivity index (χ2v) is 4.53. The highest BCUT2D eigenvalue weighted by atomic mass is 16.1. The van der Waals surface area contributed by atoms with Crippen LogP contribution in [0.5, 0.6) is 0 Å². The third-order valence-corrected chi connectivity index (χ3v) is 3.22. The number of nitrogens with zero attached hydrogens (tertiary/aromatic N) is 1. The summed E-state index contributed by atoms with van der Waals surface area (Å²) in [4.78, 5) is 12.3. The number of rotatable bonds is 1. The molecule has 0 aliphatic carbocycles. The lowest BCUT2D eigenvalue weighted by molar-refractivity contribution is 0.507. The van der Waals surface area contributed by atoms with E-state index in [-0.39, 0.29) is 5.56 Å². The average Bonchev–Trinajstić information content (AvgIpc) is 2.68. The van der Waals surface area contributed by atoms with Crippen LogP contribution in [0.1, 0.15) is 18.2 Å². The number of H-pyrrole nitrogens is 1. The first kappa shape index (κ1) is 10.4. The molecule has 0 saturated carbocycles. The van der Waals surface area contributed by atoms with E-state index >= 15 is 0 Å². The standard InChI is InChI=1S/C13H15N3O/c1-9-7-11-12(8-14-9)15-16(13(11)17)10-5-3-2-4-6-10/h2-6,9,14-15H,7-8H2,1H3. The predicted molar refractivity (Wildman–Crippen MR) is 66.4 cm³/mol. The zero-order chi connectivity index (χ0) is 11.8. The molecule has 0 saturated heterocycles. The molecular formula is C13H15N3O. The van der Waals surface area contributed by atoms with E-state index in [9.17, 15) is 4.79 Å². The van der Waals surface area contributed by atoms with Gasteiger partial charge in [-0.15, -0.1) is 0 Å². The molecule has 2 N–H and O–H groups in total. The van der Waals surface area contributed by atoms with Crippen LogP contribution in [0, 0.1) is 0 Å². The Morgan fingerprint density at radius 2 is 2.06 bits per heavy atom. The molecule has 17 heavy (non-hydrogen) atoms. The fourth-order valence-electron chi connectivity index (χ4n) is 2.29. The van der Waals surface area contributed by atoms with E-state index in [2.05, 4.69) is 17.3 Å². The van der Waals surface area contributed by atoms with Crippen LogP contribution < -0.4 is 10.9 Å². The highest BCUT2D eigenvalue weighted by Gasteiger charge is 2.21. The Hall–Kier alpha value is -1.81. The second-order valence-electron chi connectivity index (χ2n) is 4.53. The molecule has 0 fully saturated rings. The van der Waals surface area contributed by atoms with Crippen molar-refractivity contribution in [2.75, 3.05) is 0 Å². The second kappa shape index (κ2) is 3.89. The van der Waals surface area contributed by atoms with Crippen LogP contribution in [-0.4, -0.2) is 15.8 Å². The van der Waals surface area contributed by atoms with E-state index in [4.69, 9.17) is 0 Å². The molecule has 1 aliphatic rings. The van der Waals surface area contributed by atoms with Crippen LogP contribution >= 0.6 is 0 Å². The van der Waals surface area contributed by atoms with E-state index in [1.165, 1.54) is 0 Å². The Labute approximate surface area is 99.3 Å². The molecule has 88 valence electrons. The van der Waals surface area contributed by atoms with Gasteiger partial charge in [0.2, 0.25) is 0 Å². The topological polar surface area (TPSA) is 49.8 Å². The summed E-state index contributed by atoms with van der Waals surface area (Å²) >= 11 is 0. The molecule has 1 aromatic heterocycles.